The molecule has 0 aliphatic heterocycles. The number of aryl methyl sites for hydroxylation is 2. The Balaban J connectivity index is 2.15. The van der Waals surface area contributed by atoms with E-state index in [9.17, 15) is 4.79 Å². The van der Waals surface area contributed by atoms with Gasteiger partial charge in [-0.25, -0.2) is 0 Å². The van der Waals surface area contributed by atoms with Gasteiger partial charge >= 0.3 is 0 Å². The van der Waals surface area contributed by atoms with Gasteiger partial charge in [0.25, 0.3) is 0 Å². The molecule has 2 aromatic rings. The molecule has 0 bridgehead atoms. The Morgan fingerprint density at radius 3 is 2.43 bits per heavy atom. The number of Topliss-reactive ketones (excluding diaryl/α,β-unsaturated/α-hetero) is 1. The summed E-state index contributed by atoms with van der Waals surface area (Å²) in [5, 5.41) is 0. The van der Waals surface area contributed by atoms with Crippen LogP contribution >= 0.6 is 0 Å². The van der Waals surface area contributed by atoms with Gasteiger partial charge in [0.2, 0.25) is 5.78 Å². The second-order valence-electron chi connectivity index (χ2n) is 5.73. The Bertz CT molecular complexity index is 653. The second-order valence-corrected chi connectivity index (χ2v) is 5.73. The Morgan fingerprint density at radius 2 is 1.86 bits per heavy atom. The highest BCUT2D eigenvalue weighted by atomic mass is 16.5. The molecule has 1 aromatic heterocycles. The summed E-state index contributed by atoms with van der Waals surface area (Å²) in [6.45, 7) is 10.3. The first-order valence-corrected chi connectivity index (χ1v) is 7.32. The molecule has 0 atom stereocenters. The van der Waals surface area contributed by atoms with Crippen molar-refractivity contribution in [3.05, 3.63) is 52.8 Å². The van der Waals surface area contributed by atoms with E-state index in [1.165, 1.54) is 0 Å². The van der Waals surface area contributed by atoms with E-state index in [2.05, 4.69) is 18.4 Å². The summed E-state index contributed by atoms with van der Waals surface area (Å²) in [6.07, 6.45) is 0. The average molecular weight is 285 g/mol. The minimum Gasteiger partial charge on any atom is -0.485 e. The summed E-state index contributed by atoms with van der Waals surface area (Å²) in [5.41, 5.74) is 3.93. The first kappa shape index (κ1) is 15.4. The van der Waals surface area contributed by atoms with Gasteiger partial charge in [-0.1, -0.05) is 18.2 Å². The van der Waals surface area contributed by atoms with Crippen molar-refractivity contribution in [1.29, 1.82) is 0 Å². The van der Waals surface area contributed by atoms with Crippen molar-refractivity contribution in [1.82, 2.24) is 4.57 Å². The van der Waals surface area contributed by atoms with Crippen LogP contribution in [0.25, 0.3) is 0 Å². The number of aromatic nitrogens is 1. The molecule has 3 nitrogen and oxygen atoms in total. The Morgan fingerprint density at radius 1 is 1.19 bits per heavy atom. The van der Waals surface area contributed by atoms with Crippen LogP contribution in [-0.2, 0) is 0 Å². The van der Waals surface area contributed by atoms with Crippen LogP contribution in [0, 0.1) is 20.8 Å². The first-order chi connectivity index (χ1) is 9.91. The number of hydrogen-bond acceptors (Lipinski definition) is 2. The molecule has 0 saturated heterocycles. The second kappa shape index (κ2) is 6.17. The minimum atomic E-state index is 0.0262. The van der Waals surface area contributed by atoms with Crippen molar-refractivity contribution >= 4 is 5.78 Å². The lowest BCUT2D eigenvalue weighted by Gasteiger charge is -2.13. The number of rotatable bonds is 5. The maximum absolute atomic E-state index is 12.4. The van der Waals surface area contributed by atoms with E-state index in [0.717, 1.165) is 28.3 Å². The molecule has 21 heavy (non-hydrogen) atoms. The highest BCUT2D eigenvalue weighted by Crippen LogP contribution is 2.21. The van der Waals surface area contributed by atoms with Gasteiger partial charge in [-0.15, -0.1) is 0 Å². The molecule has 0 spiro atoms. The number of carbonyl (C=O) groups is 1. The molecule has 0 saturated carbocycles. The number of hydrogen-bond donors (Lipinski definition) is 0. The molecule has 1 heterocycles. The van der Waals surface area contributed by atoms with Crippen LogP contribution in [0.4, 0.5) is 0 Å². The van der Waals surface area contributed by atoms with Crippen LogP contribution < -0.4 is 4.74 Å². The molecule has 0 N–H and O–H groups in total. The summed E-state index contributed by atoms with van der Waals surface area (Å²) < 4.78 is 7.84. The third-order valence-corrected chi connectivity index (χ3v) is 3.75. The summed E-state index contributed by atoms with van der Waals surface area (Å²) >= 11 is 0. The molecule has 112 valence electrons. The summed E-state index contributed by atoms with van der Waals surface area (Å²) in [5.74, 6) is 0.793. The monoisotopic (exact) mass is 285 g/mol. The normalized spacial score (nSPS) is 11.0. The molecule has 2 rings (SSSR count). The van der Waals surface area contributed by atoms with E-state index >= 15 is 0 Å². The van der Waals surface area contributed by atoms with Gasteiger partial charge in [-0.05, 0) is 52.3 Å². The molecule has 0 aliphatic rings. The maximum atomic E-state index is 12.4. The molecule has 0 aliphatic carbocycles. The lowest BCUT2D eigenvalue weighted by molar-refractivity contribution is 0.0920. The van der Waals surface area contributed by atoms with Crippen LogP contribution in [-0.4, -0.2) is 17.0 Å². The number of carbonyl (C=O) groups excluding carboxylic acids is 1. The number of nitrogens with zero attached hydrogens (tertiary/aromatic N) is 1. The van der Waals surface area contributed by atoms with Gasteiger partial charge in [0.05, 0.1) is 0 Å². The third-order valence-electron chi connectivity index (χ3n) is 3.75. The molecule has 3 heteroatoms. The smallest absolute Gasteiger partial charge is 0.202 e. The zero-order valence-electron chi connectivity index (χ0n) is 13.4. The highest BCUT2D eigenvalue weighted by Gasteiger charge is 2.17. The van der Waals surface area contributed by atoms with Crippen molar-refractivity contribution < 1.29 is 9.53 Å². The average Bonchev–Trinajstić information content (AvgIpc) is 2.73. The molecule has 1 aromatic carbocycles. The lowest BCUT2D eigenvalue weighted by Crippen LogP contribution is -2.13. The number of benzene rings is 1. The summed E-state index contributed by atoms with van der Waals surface area (Å²) in [6, 6.07) is 10.0. The summed E-state index contributed by atoms with van der Waals surface area (Å²) in [4.78, 5) is 12.4. The molecular weight excluding hydrogens is 262 g/mol. The lowest BCUT2D eigenvalue weighted by atomic mass is 10.1. The quantitative estimate of drug-likeness (QED) is 0.769. The van der Waals surface area contributed by atoms with Crippen LogP contribution in [0.5, 0.6) is 5.75 Å². The molecule has 0 amide bonds. The van der Waals surface area contributed by atoms with Crippen molar-refractivity contribution in [2.45, 2.75) is 40.7 Å². The standard InChI is InChI=1S/C18H23NO2/c1-12(2)19-14(4)10-16(15(19)5)17(20)11-21-18-9-7-6-8-13(18)3/h6-10,12H,11H2,1-5H3. The molecule has 0 radical (unpaired) electrons. The van der Waals surface area contributed by atoms with Crippen molar-refractivity contribution in [2.75, 3.05) is 6.61 Å². The zero-order valence-corrected chi connectivity index (χ0v) is 13.4. The van der Waals surface area contributed by atoms with Gasteiger partial charge in [0.1, 0.15) is 5.75 Å². The topological polar surface area (TPSA) is 31.2 Å². The third kappa shape index (κ3) is 3.18. The first-order valence-electron chi connectivity index (χ1n) is 7.32. The van der Waals surface area contributed by atoms with Gasteiger partial charge in [-0.3, -0.25) is 4.79 Å². The number of ether oxygens (including phenoxy) is 1. The fourth-order valence-electron chi connectivity index (χ4n) is 2.79. The Kier molecular flexibility index (Phi) is 4.51. The number of ketones is 1. The van der Waals surface area contributed by atoms with Crippen LogP contribution in [0.2, 0.25) is 0 Å². The van der Waals surface area contributed by atoms with E-state index in [-0.39, 0.29) is 12.4 Å². The largest absolute Gasteiger partial charge is 0.485 e. The zero-order chi connectivity index (χ0) is 15.6. The highest BCUT2D eigenvalue weighted by molar-refractivity contribution is 5.98. The Labute approximate surface area is 126 Å². The Hall–Kier alpha value is -2.03. The molecule has 0 fully saturated rings. The van der Waals surface area contributed by atoms with Crippen LogP contribution in [0.15, 0.2) is 30.3 Å². The van der Waals surface area contributed by atoms with Crippen molar-refractivity contribution in [3.8, 4) is 5.75 Å². The molecule has 0 unspecified atom stereocenters. The minimum absolute atomic E-state index is 0.0262. The maximum Gasteiger partial charge on any atom is 0.202 e. The van der Waals surface area contributed by atoms with Crippen molar-refractivity contribution in [3.63, 3.8) is 0 Å². The summed E-state index contributed by atoms with van der Waals surface area (Å²) in [7, 11) is 0. The van der Waals surface area contributed by atoms with Gasteiger partial charge in [-0.2, -0.15) is 0 Å². The fourth-order valence-corrected chi connectivity index (χ4v) is 2.79. The fraction of sp³-hybridized carbons (Fsp3) is 0.389. The van der Waals surface area contributed by atoms with Gasteiger partial charge in [0, 0.05) is 23.0 Å². The van der Waals surface area contributed by atoms with Crippen molar-refractivity contribution in [2.24, 2.45) is 0 Å². The van der Waals surface area contributed by atoms with Gasteiger partial charge < -0.3 is 9.30 Å². The van der Waals surface area contributed by atoms with Gasteiger partial charge in [0.15, 0.2) is 6.61 Å². The van der Waals surface area contributed by atoms with E-state index in [1.54, 1.807) is 0 Å². The van der Waals surface area contributed by atoms with E-state index in [0.29, 0.717) is 6.04 Å². The SMILES string of the molecule is Cc1ccccc1OCC(=O)c1cc(C)n(C(C)C)c1C. The van der Waals surface area contributed by atoms with E-state index in [1.807, 2.05) is 51.1 Å². The number of para-hydroxylation sites is 1. The van der Waals surface area contributed by atoms with E-state index < -0.39 is 0 Å². The van der Waals surface area contributed by atoms with E-state index in [4.69, 9.17) is 4.74 Å². The predicted molar refractivity (Wildman–Crippen MR) is 85.3 cm³/mol. The van der Waals surface area contributed by atoms with Crippen LogP contribution in [0.1, 0.15) is 47.2 Å². The van der Waals surface area contributed by atoms with Crippen LogP contribution in [0.3, 0.4) is 0 Å². The molecular formula is C18H23NO2. The predicted octanol–water partition coefficient (Wildman–Crippen LogP) is 4.26.